The molecule has 2 rings (SSSR count). The summed E-state index contributed by atoms with van der Waals surface area (Å²) in [5, 5.41) is 0. The van der Waals surface area contributed by atoms with Crippen molar-refractivity contribution in [2.45, 2.75) is 26.3 Å². The molecule has 0 radical (unpaired) electrons. The van der Waals surface area contributed by atoms with E-state index in [1.807, 2.05) is 0 Å². The van der Waals surface area contributed by atoms with Crippen LogP contribution < -0.4 is 4.90 Å². The van der Waals surface area contributed by atoms with Crippen molar-refractivity contribution in [1.29, 1.82) is 0 Å². The van der Waals surface area contributed by atoms with Crippen LogP contribution in [0.5, 0.6) is 0 Å². The lowest BCUT2D eigenvalue weighted by Crippen LogP contribution is -2.35. The number of hydrogen-bond acceptors (Lipinski definition) is 2. The number of aryl methyl sites for hydroxylation is 1. The topological polar surface area (TPSA) is 25.2 Å². The van der Waals surface area contributed by atoms with Crippen molar-refractivity contribution in [1.82, 2.24) is 4.57 Å². The second-order valence-corrected chi connectivity index (χ2v) is 4.18. The summed E-state index contributed by atoms with van der Waals surface area (Å²) >= 11 is 0. The van der Waals surface area contributed by atoms with Gasteiger partial charge >= 0.3 is 0 Å². The van der Waals surface area contributed by atoms with E-state index in [0.29, 0.717) is 0 Å². The van der Waals surface area contributed by atoms with E-state index in [-0.39, 0.29) is 5.92 Å². The first-order valence-electron chi connectivity index (χ1n) is 5.69. The number of aldehydes is 1. The minimum atomic E-state index is 0.226. The van der Waals surface area contributed by atoms with E-state index in [0.717, 1.165) is 38.8 Å². The summed E-state index contributed by atoms with van der Waals surface area (Å²) in [5.41, 5.74) is 1.25. The maximum atomic E-state index is 10.8. The Labute approximate surface area is 90.7 Å². The van der Waals surface area contributed by atoms with E-state index in [9.17, 15) is 4.79 Å². The van der Waals surface area contributed by atoms with Crippen LogP contribution in [0.4, 0.5) is 5.69 Å². The van der Waals surface area contributed by atoms with Gasteiger partial charge in [0.1, 0.15) is 6.29 Å². The molecule has 0 N–H and O–H groups in total. The van der Waals surface area contributed by atoms with E-state index in [1.165, 1.54) is 5.69 Å². The number of nitrogens with zero attached hydrogens (tertiary/aromatic N) is 2. The van der Waals surface area contributed by atoms with Crippen molar-refractivity contribution >= 4 is 12.0 Å². The maximum absolute atomic E-state index is 10.8. The lowest BCUT2D eigenvalue weighted by atomic mass is 9.99. The van der Waals surface area contributed by atoms with Gasteiger partial charge in [0.2, 0.25) is 0 Å². The van der Waals surface area contributed by atoms with Gasteiger partial charge < -0.3 is 14.3 Å². The van der Waals surface area contributed by atoms with Crippen LogP contribution in [0.1, 0.15) is 19.8 Å². The SMILES string of the molecule is CCn1ccc(N2CCCC(C=O)C2)c1. The third-order valence-electron chi connectivity index (χ3n) is 3.12. The Hall–Kier alpha value is -1.25. The van der Waals surface area contributed by atoms with Crippen molar-refractivity contribution in [3.05, 3.63) is 18.5 Å². The predicted octanol–water partition coefficient (Wildman–Crippen LogP) is 1.92. The van der Waals surface area contributed by atoms with Gasteiger partial charge in [-0.15, -0.1) is 0 Å². The largest absolute Gasteiger partial charge is 0.370 e. The lowest BCUT2D eigenvalue weighted by molar-refractivity contribution is -0.111. The summed E-state index contributed by atoms with van der Waals surface area (Å²) in [6.45, 7) is 5.11. The highest BCUT2D eigenvalue weighted by atomic mass is 16.1. The summed E-state index contributed by atoms with van der Waals surface area (Å²) < 4.78 is 2.17. The van der Waals surface area contributed by atoms with Crippen LogP contribution in [0.25, 0.3) is 0 Å². The van der Waals surface area contributed by atoms with E-state index in [4.69, 9.17) is 0 Å². The maximum Gasteiger partial charge on any atom is 0.124 e. The molecule has 0 spiro atoms. The number of anilines is 1. The van der Waals surface area contributed by atoms with Crippen LogP contribution in [-0.2, 0) is 11.3 Å². The fourth-order valence-electron chi connectivity index (χ4n) is 2.17. The number of aromatic nitrogens is 1. The van der Waals surface area contributed by atoms with Crippen molar-refractivity contribution in [3.8, 4) is 0 Å². The van der Waals surface area contributed by atoms with Crippen molar-refractivity contribution in [2.75, 3.05) is 18.0 Å². The summed E-state index contributed by atoms with van der Waals surface area (Å²) in [5.74, 6) is 0.226. The van der Waals surface area contributed by atoms with Gasteiger partial charge in [-0.25, -0.2) is 0 Å². The van der Waals surface area contributed by atoms with E-state index < -0.39 is 0 Å². The van der Waals surface area contributed by atoms with Crippen molar-refractivity contribution in [3.63, 3.8) is 0 Å². The Morgan fingerprint density at radius 3 is 3.13 bits per heavy atom. The van der Waals surface area contributed by atoms with Gasteiger partial charge in [0, 0.05) is 37.9 Å². The molecule has 1 aliphatic rings. The summed E-state index contributed by atoms with van der Waals surface area (Å²) in [7, 11) is 0. The second-order valence-electron chi connectivity index (χ2n) is 4.18. The van der Waals surface area contributed by atoms with Crippen molar-refractivity contribution in [2.24, 2.45) is 5.92 Å². The number of carbonyl (C=O) groups is 1. The molecule has 0 aromatic carbocycles. The highest BCUT2D eigenvalue weighted by Gasteiger charge is 2.19. The number of piperidine rings is 1. The Bertz CT molecular complexity index is 332. The zero-order valence-corrected chi connectivity index (χ0v) is 9.22. The minimum Gasteiger partial charge on any atom is -0.370 e. The predicted molar refractivity (Wildman–Crippen MR) is 61.1 cm³/mol. The van der Waals surface area contributed by atoms with Crippen LogP contribution in [0.3, 0.4) is 0 Å². The zero-order chi connectivity index (χ0) is 10.7. The zero-order valence-electron chi connectivity index (χ0n) is 9.22. The fourth-order valence-corrected chi connectivity index (χ4v) is 2.17. The standard InChI is InChI=1S/C12H18N2O/c1-2-13-7-5-12(9-13)14-6-3-4-11(8-14)10-15/h5,7,9-11H,2-4,6,8H2,1H3. The first kappa shape index (κ1) is 10.3. The molecule has 3 nitrogen and oxygen atoms in total. The Morgan fingerprint density at radius 1 is 1.60 bits per heavy atom. The molecule has 0 saturated carbocycles. The van der Waals surface area contributed by atoms with Gasteiger partial charge in [-0.3, -0.25) is 0 Å². The highest BCUT2D eigenvalue weighted by molar-refractivity contribution is 5.57. The van der Waals surface area contributed by atoms with Crippen LogP contribution in [-0.4, -0.2) is 23.9 Å². The highest BCUT2D eigenvalue weighted by Crippen LogP contribution is 2.22. The molecule has 1 unspecified atom stereocenters. The molecule has 1 aliphatic heterocycles. The molecule has 1 atom stereocenters. The van der Waals surface area contributed by atoms with E-state index in [2.05, 4.69) is 34.9 Å². The fraction of sp³-hybridized carbons (Fsp3) is 0.583. The van der Waals surface area contributed by atoms with Crippen LogP contribution >= 0.6 is 0 Å². The second kappa shape index (κ2) is 4.51. The molecule has 1 saturated heterocycles. The molecule has 1 aromatic rings. The molecule has 0 amide bonds. The lowest BCUT2D eigenvalue weighted by Gasteiger charge is -2.31. The van der Waals surface area contributed by atoms with Crippen LogP contribution in [0.15, 0.2) is 18.5 Å². The molecule has 0 aliphatic carbocycles. The normalized spacial score (nSPS) is 21.7. The molecular formula is C12H18N2O. The first-order valence-corrected chi connectivity index (χ1v) is 5.69. The molecule has 15 heavy (non-hydrogen) atoms. The average Bonchev–Trinajstić information content (AvgIpc) is 2.78. The Balaban J connectivity index is 2.06. The van der Waals surface area contributed by atoms with Gasteiger partial charge in [0.05, 0.1) is 5.69 Å². The van der Waals surface area contributed by atoms with Gasteiger partial charge in [0.25, 0.3) is 0 Å². The monoisotopic (exact) mass is 206 g/mol. The molecule has 1 aromatic heterocycles. The molecule has 1 fully saturated rings. The summed E-state index contributed by atoms with van der Waals surface area (Å²) in [6.07, 6.45) is 7.53. The van der Waals surface area contributed by atoms with Crippen molar-refractivity contribution < 1.29 is 4.79 Å². The molecule has 0 bridgehead atoms. The van der Waals surface area contributed by atoms with E-state index >= 15 is 0 Å². The van der Waals surface area contributed by atoms with Crippen LogP contribution in [0.2, 0.25) is 0 Å². The van der Waals surface area contributed by atoms with Gasteiger partial charge in [0.15, 0.2) is 0 Å². The molecule has 2 heterocycles. The Kier molecular flexibility index (Phi) is 3.09. The third-order valence-corrected chi connectivity index (χ3v) is 3.12. The average molecular weight is 206 g/mol. The first-order chi connectivity index (χ1) is 7.33. The number of hydrogen-bond donors (Lipinski definition) is 0. The molecule has 3 heteroatoms. The Morgan fingerprint density at radius 2 is 2.47 bits per heavy atom. The number of carbonyl (C=O) groups excluding carboxylic acids is 1. The van der Waals surface area contributed by atoms with E-state index in [1.54, 1.807) is 0 Å². The van der Waals surface area contributed by atoms with Gasteiger partial charge in [-0.1, -0.05) is 0 Å². The summed E-state index contributed by atoms with van der Waals surface area (Å²) in [4.78, 5) is 13.1. The molecule has 82 valence electrons. The van der Waals surface area contributed by atoms with Crippen LogP contribution in [0, 0.1) is 5.92 Å². The smallest absolute Gasteiger partial charge is 0.124 e. The third kappa shape index (κ3) is 2.22. The number of rotatable bonds is 3. The van der Waals surface area contributed by atoms with Gasteiger partial charge in [-0.05, 0) is 25.8 Å². The van der Waals surface area contributed by atoms with Gasteiger partial charge in [-0.2, -0.15) is 0 Å². The quantitative estimate of drug-likeness (QED) is 0.706. The molecular weight excluding hydrogens is 188 g/mol. The minimum absolute atomic E-state index is 0.226. The summed E-state index contributed by atoms with van der Waals surface area (Å²) in [6, 6.07) is 2.14.